The fourth-order valence-electron chi connectivity index (χ4n) is 1.86. The van der Waals surface area contributed by atoms with Gasteiger partial charge in [-0.3, -0.25) is 10.1 Å². The Morgan fingerprint density at radius 2 is 2.05 bits per heavy atom. The van der Waals surface area contributed by atoms with Crippen LogP contribution in [0.3, 0.4) is 0 Å². The number of aryl methyl sites for hydroxylation is 1. The highest BCUT2D eigenvalue weighted by Gasteiger charge is 2.15. The number of benzene rings is 1. The number of carbonyl (C=O) groups is 2. The number of carbonyl (C=O) groups excluding carboxylic acids is 2. The first-order valence-corrected chi connectivity index (χ1v) is 7.49. The molecule has 0 radical (unpaired) electrons. The van der Waals surface area contributed by atoms with Crippen LogP contribution in [0.15, 0.2) is 30.3 Å². The van der Waals surface area contributed by atoms with Gasteiger partial charge in [0.25, 0.3) is 5.91 Å². The summed E-state index contributed by atoms with van der Waals surface area (Å²) in [5.74, 6) is 0.0765. The molecule has 0 spiro atoms. The van der Waals surface area contributed by atoms with Gasteiger partial charge in [0.05, 0.1) is 12.7 Å². The van der Waals surface area contributed by atoms with E-state index >= 15 is 0 Å². The third-order valence-corrected chi connectivity index (χ3v) is 4.15. The summed E-state index contributed by atoms with van der Waals surface area (Å²) in [7, 11) is 1.55. The SMILES string of the molecule is CCc1cc(C(N)=O)c(NC(=O)Nc2cccc(OC)c2)s1. The highest BCUT2D eigenvalue weighted by Crippen LogP contribution is 2.28. The summed E-state index contributed by atoms with van der Waals surface area (Å²) in [5.41, 5.74) is 6.24. The molecule has 1 aromatic heterocycles. The van der Waals surface area contributed by atoms with Gasteiger partial charge in [-0.05, 0) is 24.6 Å². The number of urea groups is 1. The highest BCUT2D eigenvalue weighted by molar-refractivity contribution is 7.16. The highest BCUT2D eigenvalue weighted by atomic mass is 32.1. The average Bonchev–Trinajstić information content (AvgIpc) is 2.90. The first-order valence-electron chi connectivity index (χ1n) is 6.68. The smallest absolute Gasteiger partial charge is 0.324 e. The lowest BCUT2D eigenvalue weighted by Gasteiger charge is -2.08. The monoisotopic (exact) mass is 319 g/mol. The Morgan fingerprint density at radius 3 is 2.68 bits per heavy atom. The van der Waals surface area contributed by atoms with E-state index in [1.54, 1.807) is 37.4 Å². The first kappa shape index (κ1) is 15.8. The summed E-state index contributed by atoms with van der Waals surface area (Å²) < 4.78 is 5.09. The number of thiophene rings is 1. The van der Waals surface area contributed by atoms with E-state index in [2.05, 4.69) is 10.6 Å². The van der Waals surface area contributed by atoms with Crippen molar-refractivity contribution >= 4 is 34.0 Å². The molecule has 6 nitrogen and oxygen atoms in total. The van der Waals surface area contributed by atoms with Gasteiger partial charge in [0, 0.05) is 16.6 Å². The Labute approximate surface area is 132 Å². The largest absolute Gasteiger partial charge is 0.497 e. The Balaban J connectivity index is 2.11. The number of methoxy groups -OCH3 is 1. The molecule has 2 rings (SSSR count). The van der Waals surface area contributed by atoms with Crippen LogP contribution in [-0.2, 0) is 6.42 Å². The van der Waals surface area contributed by atoms with Crippen molar-refractivity contribution in [2.24, 2.45) is 5.73 Å². The van der Waals surface area contributed by atoms with Gasteiger partial charge in [-0.25, -0.2) is 4.79 Å². The molecule has 2 aromatic rings. The van der Waals surface area contributed by atoms with Crippen molar-refractivity contribution in [1.29, 1.82) is 0 Å². The van der Waals surface area contributed by atoms with Gasteiger partial charge in [0.15, 0.2) is 0 Å². The van der Waals surface area contributed by atoms with Crippen LogP contribution in [0.1, 0.15) is 22.2 Å². The zero-order valence-electron chi connectivity index (χ0n) is 12.3. The van der Waals surface area contributed by atoms with Crippen LogP contribution in [0, 0.1) is 0 Å². The van der Waals surface area contributed by atoms with Crippen LogP contribution in [0.25, 0.3) is 0 Å². The molecule has 22 heavy (non-hydrogen) atoms. The topological polar surface area (TPSA) is 93.5 Å². The van der Waals surface area contributed by atoms with Crippen molar-refractivity contribution in [1.82, 2.24) is 0 Å². The van der Waals surface area contributed by atoms with Crippen molar-refractivity contribution in [2.75, 3.05) is 17.7 Å². The molecule has 0 bridgehead atoms. The van der Waals surface area contributed by atoms with E-state index < -0.39 is 11.9 Å². The Hall–Kier alpha value is -2.54. The van der Waals surface area contributed by atoms with E-state index in [1.807, 2.05) is 6.92 Å². The Bertz CT molecular complexity index is 697. The summed E-state index contributed by atoms with van der Waals surface area (Å²) >= 11 is 1.34. The zero-order valence-corrected chi connectivity index (χ0v) is 13.1. The van der Waals surface area contributed by atoms with Gasteiger partial charge in [-0.15, -0.1) is 11.3 Å². The third-order valence-electron chi connectivity index (χ3n) is 2.95. The average molecular weight is 319 g/mol. The fourth-order valence-corrected chi connectivity index (χ4v) is 2.85. The molecule has 7 heteroatoms. The molecule has 4 N–H and O–H groups in total. The van der Waals surface area contributed by atoms with E-state index in [9.17, 15) is 9.59 Å². The molecule has 1 aromatic carbocycles. The van der Waals surface area contributed by atoms with E-state index in [0.29, 0.717) is 22.0 Å². The minimum Gasteiger partial charge on any atom is -0.497 e. The molecule has 116 valence electrons. The van der Waals surface area contributed by atoms with Crippen molar-refractivity contribution in [2.45, 2.75) is 13.3 Å². The van der Waals surface area contributed by atoms with Gasteiger partial charge in [0.1, 0.15) is 10.8 Å². The standard InChI is InChI=1S/C15H17N3O3S/c1-3-11-8-12(13(16)19)14(22-11)18-15(20)17-9-5-4-6-10(7-9)21-2/h4-8H,3H2,1-2H3,(H2,16,19)(H2,17,18,20). The van der Waals surface area contributed by atoms with Crippen molar-refractivity contribution in [3.05, 3.63) is 40.8 Å². The lowest BCUT2D eigenvalue weighted by molar-refractivity contribution is 0.100. The maximum Gasteiger partial charge on any atom is 0.324 e. The predicted molar refractivity (Wildman–Crippen MR) is 87.9 cm³/mol. The molecule has 0 aliphatic carbocycles. The fraction of sp³-hybridized carbons (Fsp3) is 0.200. The van der Waals surface area contributed by atoms with E-state index in [0.717, 1.165) is 11.3 Å². The molecule has 0 fully saturated rings. The van der Waals surface area contributed by atoms with Gasteiger partial charge in [-0.1, -0.05) is 13.0 Å². The number of ether oxygens (including phenoxy) is 1. The van der Waals surface area contributed by atoms with Crippen LogP contribution >= 0.6 is 11.3 Å². The number of amides is 3. The van der Waals surface area contributed by atoms with E-state index in [-0.39, 0.29) is 0 Å². The van der Waals surface area contributed by atoms with Gasteiger partial charge in [-0.2, -0.15) is 0 Å². The summed E-state index contributed by atoms with van der Waals surface area (Å²) in [4.78, 5) is 24.4. The Morgan fingerprint density at radius 1 is 1.27 bits per heavy atom. The lowest BCUT2D eigenvalue weighted by atomic mass is 10.2. The summed E-state index contributed by atoms with van der Waals surface area (Å²) in [6.45, 7) is 1.97. The van der Waals surface area contributed by atoms with Crippen LogP contribution in [0.2, 0.25) is 0 Å². The third kappa shape index (κ3) is 3.76. The number of rotatable bonds is 5. The first-order chi connectivity index (χ1) is 10.5. The van der Waals surface area contributed by atoms with Crippen molar-refractivity contribution in [3.63, 3.8) is 0 Å². The predicted octanol–water partition coefficient (Wildman–Crippen LogP) is 3.06. The van der Waals surface area contributed by atoms with Crippen LogP contribution in [0.4, 0.5) is 15.5 Å². The van der Waals surface area contributed by atoms with Crippen LogP contribution in [0.5, 0.6) is 5.75 Å². The zero-order chi connectivity index (χ0) is 16.1. The second-order valence-corrected chi connectivity index (χ2v) is 5.62. The lowest BCUT2D eigenvalue weighted by Crippen LogP contribution is -2.21. The summed E-state index contributed by atoms with van der Waals surface area (Å²) in [6, 6.07) is 8.24. The molecule has 3 amide bonds. The van der Waals surface area contributed by atoms with Gasteiger partial charge < -0.3 is 15.8 Å². The number of nitrogens with two attached hydrogens (primary N) is 1. The summed E-state index contributed by atoms with van der Waals surface area (Å²) in [6.07, 6.45) is 0.768. The molecular formula is C15H17N3O3S. The molecule has 0 unspecified atom stereocenters. The number of anilines is 2. The molecule has 1 heterocycles. The molecule has 0 aliphatic heterocycles. The van der Waals surface area contributed by atoms with Gasteiger partial charge in [0.2, 0.25) is 0 Å². The maximum atomic E-state index is 12.0. The van der Waals surface area contributed by atoms with Gasteiger partial charge >= 0.3 is 6.03 Å². The van der Waals surface area contributed by atoms with Crippen molar-refractivity contribution in [3.8, 4) is 5.75 Å². The van der Waals surface area contributed by atoms with Crippen molar-refractivity contribution < 1.29 is 14.3 Å². The maximum absolute atomic E-state index is 12.0. The number of hydrogen-bond donors (Lipinski definition) is 3. The summed E-state index contributed by atoms with van der Waals surface area (Å²) in [5, 5.41) is 5.79. The number of nitrogens with one attached hydrogen (secondary N) is 2. The second kappa shape index (κ2) is 6.95. The van der Waals surface area contributed by atoms with Crippen LogP contribution in [-0.4, -0.2) is 19.0 Å². The van der Waals surface area contributed by atoms with Crippen LogP contribution < -0.4 is 21.1 Å². The van der Waals surface area contributed by atoms with E-state index in [1.165, 1.54) is 11.3 Å². The molecular weight excluding hydrogens is 302 g/mol. The Kier molecular flexibility index (Phi) is 5.00. The molecule has 0 saturated heterocycles. The normalized spacial score (nSPS) is 10.1. The minimum absolute atomic E-state index is 0.322. The second-order valence-electron chi connectivity index (χ2n) is 4.48. The van der Waals surface area contributed by atoms with E-state index in [4.69, 9.17) is 10.5 Å². The quantitative estimate of drug-likeness (QED) is 0.790. The number of primary amides is 1. The minimum atomic E-state index is -0.562. The molecule has 0 atom stereocenters. The molecule has 0 aliphatic rings. The molecule has 0 saturated carbocycles. The number of hydrogen-bond acceptors (Lipinski definition) is 4.